The molecule has 0 spiro atoms. The summed E-state index contributed by atoms with van der Waals surface area (Å²) in [6.07, 6.45) is 19.8. The Kier molecular flexibility index (Phi) is 37.0. The third-order valence-electron chi connectivity index (χ3n) is 21.4. The minimum absolute atomic E-state index is 0.0257. The maximum absolute atomic E-state index is 12.7. The number of benzene rings is 3. The fraction of sp³-hybridized carbons (Fsp3) is 0.577. The zero-order valence-electron chi connectivity index (χ0n) is 70.0. The number of nitrogens with zero attached hydrogens (tertiary/aromatic N) is 20. The molecule has 7 unspecified atom stereocenters. The number of aromatic nitrogens is 10. The second-order valence-electron chi connectivity index (χ2n) is 31.9. The molecule has 10 heterocycles. The summed E-state index contributed by atoms with van der Waals surface area (Å²) in [5, 5.41) is 95.1. The predicted octanol–water partition coefficient (Wildman–Crippen LogP) is 6.79. The first-order valence-electron chi connectivity index (χ1n) is 41.1. The number of rotatable bonds is 34. The van der Waals surface area contributed by atoms with Crippen molar-refractivity contribution in [3.8, 4) is 0 Å². The number of hydrogen-bond acceptors (Lipinski definition) is 33. The maximum atomic E-state index is 12.7. The molecule has 43 nitrogen and oxygen atoms in total. The van der Waals surface area contributed by atoms with Gasteiger partial charge in [0, 0.05) is 58.9 Å². The lowest BCUT2D eigenvalue weighted by molar-refractivity contribution is -0.397. The highest BCUT2D eigenvalue weighted by atomic mass is 32.2. The lowest BCUT2D eigenvalue weighted by Gasteiger charge is -2.33. The van der Waals surface area contributed by atoms with Crippen LogP contribution in [0.2, 0.25) is 0 Å². The van der Waals surface area contributed by atoms with Crippen LogP contribution in [0.4, 0.5) is 29.7 Å². The number of nitro groups is 5. The van der Waals surface area contributed by atoms with Crippen LogP contribution in [0.5, 0.6) is 0 Å². The van der Waals surface area contributed by atoms with Crippen LogP contribution >= 0.6 is 0 Å². The second-order valence-corrected chi connectivity index (χ2v) is 36.6. The standard InChI is InChI=1S/2C18H24N4O6S.C18H24N4O5S.2C12H20N4O3/c1-14-2-4-17(5-3-14)29(26,27)28-16-6-9-20(10-7-16)12-15(23)13-21-11-8-19-18(21)22(24)25;1-14-4-6-17(7-5-14)29(26,27)28-16-3-2-9-20(13-16)11-15(23)12-21-10-8-19-18(21)22(24)25;1-15-5-7-17(8-6-15)28(25,26)27-16(13-20-10-3-2-4-11-20)14-21-12-9-19-18(21)22(23)24;1-10-2-5-14(6-3-10)8-11(17)9-15-7-4-13-12(15)16(18)19;1-10-3-2-5-14(7-10)8-11(17)9-15-6-4-13-12(15)16(18)19/h2-5,8,11,15-16,23H,6-7,9-10,12-13H2,1H3;4-8,10,15-16,23H,2-3,9,11-13H2,1H3;5-9,12,16H,2-4,10-11,13-14H2,1H3;4,7,10-11,17H,2-3,5-6,8-9H2,1H3;4,6,10-11,17H,2-3,5,7-9H2,1H3. The third kappa shape index (κ3) is 31.0. The normalized spacial score (nSPS) is 18.7. The molecule has 0 saturated carbocycles. The van der Waals surface area contributed by atoms with Gasteiger partial charge in [-0.1, -0.05) is 98.3 Å². The van der Waals surface area contributed by atoms with Gasteiger partial charge in [-0.15, -0.1) is 0 Å². The minimum Gasteiger partial charge on any atom is -0.390 e. The van der Waals surface area contributed by atoms with Gasteiger partial charge in [0.15, 0.2) is 0 Å². The summed E-state index contributed by atoms with van der Waals surface area (Å²) in [5.74, 6) is 0.00887. The van der Waals surface area contributed by atoms with Crippen LogP contribution in [0.25, 0.3) is 0 Å². The van der Waals surface area contributed by atoms with Gasteiger partial charge in [0.25, 0.3) is 30.4 Å². The first-order chi connectivity index (χ1) is 58.9. The molecule has 4 N–H and O–H groups in total. The molecule has 5 saturated heterocycles. The van der Waals surface area contributed by atoms with E-state index in [0.717, 1.165) is 107 Å². The molecular weight excluding hydrogens is 1680 g/mol. The van der Waals surface area contributed by atoms with E-state index >= 15 is 0 Å². The van der Waals surface area contributed by atoms with Crippen molar-refractivity contribution < 1.29 is 82.8 Å². The van der Waals surface area contributed by atoms with Gasteiger partial charge in [-0.2, -0.15) is 25.3 Å². The van der Waals surface area contributed by atoms with Crippen molar-refractivity contribution in [2.24, 2.45) is 11.8 Å². The van der Waals surface area contributed by atoms with Crippen molar-refractivity contribution in [3.63, 3.8) is 0 Å². The molecule has 5 fully saturated rings. The number of aryl methyl sites for hydroxylation is 3. The van der Waals surface area contributed by atoms with Crippen molar-refractivity contribution in [2.75, 3.05) is 98.2 Å². The van der Waals surface area contributed by atoms with Crippen LogP contribution in [0, 0.1) is 83.2 Å². The lowest BCUT2D eigenvalue weighted by Crippen LogP contribution is -2.44. The average molecular weight is 1790 g/mol. The summed E-state index contributed by atoms with van der Waals surface area (Å²) in [6, 6.07) is 19.4. The van der Waals surface area contributed by atoms with E-state index in [1.165, 1.54) is 128 Å². The molecule has 13 rings (SSSR count). The van der Waals surface area contributed by atoms with Crippen LogP contribution in [-0.4, -0.2) is 283 Å². The van der Waals surface area contributed by atoms with E-state index < -0.39 is 97.7 Å². The summed E-state index contributed by atoms with van der Waals surface area (Å²) >= 11 is 0. The van der Waals surface area contributed by atoms with Crippen LogP contribution in [0.1, 0.15) is 101 Å². The Morgan fingerprint density at radius 1 is 0.347 bits per heavy atom. The van der Waals surface area contributed by atoms with Crippen LogP contribution < -0.4 is 0 Å². The molecule has 0 radical (unpaired) electrons. The Bertz CT molecular complexity index is 5050. The first-order valence-corrected chi connectivity index (χ1v) is 45.3. The fourth-order valence-electron chi connectivity index (χ4n) is 15.1. The summed E-state index contributed by atoms with van der Waals surface area (Å²) in [4.78, 5) is 80.7. The first kappa shape index (κ1) is 97.9. The van der Waals surface area contributed by atoms with Crippen LogP contribution in [0.3, 0.4) is 0 Å². The van der Waals surface area contributed by atoms with Gasteiger partial charge >= 0.3 is 29.7 Å². The molecule has 124 heavy (non-hydrogen) atoms. The van der Waals surface area contributed by atoms with Crippen molar-refractivity contribution in [2.45, 2.75) is 195 Å². The molecule has 0 aliphatic carbocycles. The van der Waals surface area contributed by atoms with E-state index in [2.05, 4.69) is 53.5 Å². The zero-order valence-corrected chi connectivity index (χ0v) is 72.5. The Morgan fingerprint density at radius 3 is 1.00 bits per heavy atom. The van der Waals surface area contributed by atoms with E-state index in [1.807, 2.05) is 30.6 Å². The SMILES string of the molecule is CC1CCCN(CC(O)Cn2ccnc2[N+](=O)[O-])C1.CC1CCN(CC(O)Cn2ccnc2[N+](=O)[O-])CC1.Cc1ccc(S(=O)(=O)OC(CN2CCCCC2)Cn2ccnc2[N+](=O)[O-])cc1.Cc1ccc(S(=O)(=O)OC2CCCN(CC(O)Cn3ccnc3[N+](=O)[O-])C2)cc1.Cc1ccc(S(=O)(=O)OC2CCN(CC(O)Cn3ccnc3[N+](=O)[O-])CC2)cc1. The molecule has 0 bridgehead atoms. The highest BCUT2D eigenvalue weighted by Gasteiger charge is 2.34. The van der Waals surface area contributed by atoms with Gasteiger partial charge in [-0.05, 0) is 197 Å². The fourth-order valence-corrected chi connectivity index (χ4v) is 18.4. The lowest BCUT2D eigenvalue weighted by atomic mass is 9.99. The number of aliphatic hydroxyl groups is 4. The van der Waals surface area contributed by atoms with Crippen LogP contribution in [0.15, 0.2) is 149 Å². The van der Waals surface area contributed by atoms with E-state index in [-0.39, 0.29) is 83.7 Å². The second kappa shape index (κ2) is 46.9. The predicted molar refractivity (Wildman–Crippen MR) is 449 cm³/mol. The van der Waals surface area contributed by atoms with Gasteiger partial charge in [0.1, 0.15) is 74.6 Å². The largest absolute Gasteiger partial charge is 0.434 e. The van der Waals surface area contributed by atoms with Gasteiger partial charge in [0.2, 0.25) is 0 Å². The number of hydrogen-bond donors (Lipinski definition) is 4. The molecule has 3 aromatic carbocycles. The summed E-state index contributed by atoms with van der Waals surface area (Å²) in [7, 11) is -11.7. The number of imidazole rings is 5. The van der Waals surface area contributed by atoms with Gasteiger partial charge < -0.3 is 90.6 Å². The minimum atomic E-state index is -3.99. The molecule has 46 heteroatoms. The smallest absolute Gasteiger partial charge is 0.390 e. The van der Waals surface area contributed by atoms with Crippen molar-refractivity contribution in [1.29, 1.82) is 0 Å². The van der Waals surface area contributed by atoms with Gasteiger partial charge in [-0.25, -0.2) is 22.8 Å². The van der Waals surface area contributed by atoms with Gasteiger partial charge in [-0.3, -0.25) is 17.4 Å². The number of likely N-dealkylation sites (tertiary alicyclic amines) is 5. The maximum Gasteiger partial charge on any atom is 0.434 e. The van der Waals surface area contributed by atoms with Crippen molar-refractivity contribution in [3.05, 3.63) is 202 Å². The molecule has 5 aliphatic rings. The van der Waals surface area contributed by atoms with E-state index in [9.17, 15) is 96.3 Å². The molecule has 8 aromatic rings. The molecule has 5 aliphatic heterocycles. The average Bonchev–Trinajstić information content (AvgIpc) is 1.44. The third-order valence-corrected chi connectivity index (χ3v) is 25.6. The Labute approximate surface area is 719 Å². The van der Waals surface area contributed by atoms with Crippen molar-refractivity contribution in [1.82, 2.24) is 72.3 Å². The molecule has 5 aromatic heterocycles. The number of β-amino-alcohol motifs (C(OH)–C–C–N with tert-alkyl or cyclic N) is 4. The quantitative estimate of drug-likeness (QED) is 0.0183. The summed E-state index contributed by atoms with van der Waals surface area (Å²) in [5.41, 5.74) is 2.87. The number of piperidine rings is 5. The van der Waals surface area contributed by atoms with Crippen LogP contribution in [-0.2, 0) is 75.6 Å². The Hall–Kier alpha value is -9.92. The molecular formula is C78H112N20O23S3. The Balaban J connectivity index is 0.000000178. The van der Waals surface area contributed by atoms with E-state index in [4.69, 9.17) is 12.5 Å². The van der Waals surface area contributed by atoms with E-state index in [0.29, 0.717) is 77.5 Å². The summed E-state index contributed by atoms with van der Waals surface area (Å²) < 4.78 is 98.3. The molecule has 7 atom stereocenters. The highest BCUT2D eigenvalue weighted by Crippen LogP contribution is 2.27. The Morgan fingerprint density at radius 2 is 0.645 bits per heavy atom. The zero-order chi connectivity index (χ0) is 89.8. The van der Waals surface area contributed by atoms with Crippen molar-refractivity contribution >= 4 is 60.1 Å². The van der Waals surface area contributed by atoms with Gasteiger partial charge in [0.05, 0.1) is 77.5 Å². The van der Waals surface area contributed by atoms with E-state index in [1.54, 1.807) is 36.4 Å². The molecule has 0 amide bonds. The highest BCUT2D eigenvalue weighted by molar-refractivity contribution is 7.87. The summed E-state index contributed by atoms with van der Waals surface area (Å²) in [6.45, 7) is 20.5. The molecule has 680 valence electrons. The number of aliphatic hydroxyl groups excluding tert-OH is 4. The monoisotopic (exact) mass is 1790 g/mol. The topological polar surface area (TPSA) is 532 Å².